The lowest BCUT2D eigenvalue weighted by Crippen LogP contribution is -2.14. The Bertz CT molecular complexity index is 601. The van der Waals surface area contributed by atoms with Crippen LogP contribution in [-0.2, 0) is 0 Å². The average molecular weight is 298 g/mol. The summed E-state index contributed by atoms with van der Waals surface area (Å²) in [5.74, 6) is 0.865. The Balaban J connectivity index is 2.29. The number of hydrogen-bond acceptors (Lipinski definition) is 5. The molecule has 1 aromatic carbocycles. The molecule has 0 aliphatic heterocycles. The van der Waals surface area contributed by atoms with Crippen LogP contribution in [0.15, 0.2) is 18.2 Å². The van der Waals surface area contributed by atoms with E-state index in [0.717, 1.165) is 11.3 Å². The highest BCUT2D eigenvalue weighted by atomic mass is 35.5. The third-order valence-corrected chi connectivity index (χ3v) is 3.00. The van der Waals surface area contributed by atoms with E-state index >= 15 is 0 Å². The van der Waals surface area contributed by atoms with Gasteiger partial charge in [-0.25, -0.2) is 0 Å². The van der Waals surface area contributed by atoms with Crippen molar-refractivity contribution in [2.45, 2.75) is 6.92 Å². The fraction of sp³-hybridized carbons (Fsp3) is 0.250. The maximum absolute atomic E-state index is 6.07. The summed E-state index contributed by atoms with van der Waals surface area (Å²) in [4.78, 5) is 14.0. The lowest BCUT2D eigenvalue weighted by Gasteiger charge is -2.12. The average Bonchev–Trinajstić information content (AvgIpc) is 2.33. The van der Waals surface area contributed by atoms with Gasteiger partial charge < -0.3 is 10.2 Å². The zero-order valence-corrected chi connectivity index (χ0v) is 12.3. The Kier molecular flexibility index (Phi) is 4.07. The fourth-order valence-corrected chi connectivity index (χ4v) is 1.73. The number of hydrogen-bond donors (Lipinski definition) is 1. The normalized spacial score (nSPS) is 10.4. The highest BCUT2D eigenvalue weighted by Gasteiger charge is 2.07. The molecule has 0 aliphatic rings. The van der Waals surface area contributed by atoms with Crippen molar-refractivity contribution in [2.24, 2.45) is 0 Å². The largest absolute Gasteiger partial charge is 0.347 e. The minimum Gasteiger partial charge on any atom is -0.347 e. The van der Waals surface area contributed by atoms with E-state index in [0.29, 0.717) is 16.9 Å². The van der Waals surface area contributed by atoms with Crippen molar-refractivity contribution in [3.63, 3.8) is 0 Å². The van der Waals surface area contributed by atoms with E-state index in [1.54, 1.807) is 4.90 Å². The molecule has 2 aromatic rings. The quantitative estimate of drug-likeness (QED) is 0.942. The number of benzene rings is 1. The Hall–Kier alpha value is -1.59. The number of aryl methyl sites for hydroxylation is 1. The van der Waals surface area contributed by atoms with Crippen molar-refractivity contribution >= 4 is 40.8 Å². The van der Waals surface area contributed by atoms with E-state index in [1.807, 2.05) is 39.2 Å². The van der Waals surface area contributed by atoms with E-state index in [4.69, 9.17) is 23.2 Å². The van der Waals surface area contributed by atoms with Gasteiger partial charge in [-0.3, -0.25) is 0 Å². The molecule has 2 rings (SSSR count). The van der Waals surface area contributed by atoms with Crippen LogP contribution in [0.25, 0.3) is 0 Å². The van der Waals surface area contributed by atoms with E-state index in [-0.39, 0.29) is 5.28 Å². The van der Waals surface area contributed by atoms with Gasteiger partial charge in [0.05, 0.1) is 0 Å². The van der Waals surface area contributed by atoms with Crippen LogP contribution < -0.4 is 10.2 Å². The molecule has 5 nitrogen and oxygen atoms in total. The molecule has 7 heteroatoms. The number of aromatic nitrogens is 3. The first kappa shape index (κ1) is 13.8. The molecule has 0 saturated carbocycles. The van der Waals surface area contributed by atoms with Crippen molar-refractivity contribution in [1.29, 1.82) is 0 Å². The predicted molar refractivity (Wildman–Crippen MR) is 78.6 cm³/mol. The summed E-state index contributed by atoms with van der Waals surface area (Å²) < 4.78 is 0. The van der Waals surface area contributed by atoms with Gasteiger partial charge in [-0.15, -0.1) is 0 Å². The molecule has 100 valence electrons. The number of rotatable bonds is 3. The summed E-state index contributed by atoms with van der Waals surface area (Å²) in [6.07, 6.45) is 0. The van der Waals surface area contributed by atoms with E-state index in [9.17, 15) is 0 Å². The molecule has 0 bridgehead atoms. The minimum atomic E-state index is 0.138. The summed E-state index contributed by atoms with van der Waals surface area (Å²) in [5.41, 5.74) is 1.80. The van der Waals surface area contributed by atoms with Gasteiger partial charge in [0.25, 0.3) is 0 Å². The minimum absolute atomic E-state index is 0.138. The molecule has 0 fully saturated rings. The summed E-state index contributed by atoms with van der Waals surface area (Å²) in [6, 6.07) is 5.62. The third-order valence-electron chi connectivity index (χ3n) is 2.42. The van der Waals surface area contributed by atoms with Gasteiger partial charge in [-0.1, -0.05) is 17.7 Å². The van der Waals surface area contributed by atoms with Gasteiger partial charge >= 0.3 is 0 Å². The van der Waals surface area contributed by atoms with Gasteiger partial charge in [-0.05, 0) is 36.2 Å². The van der Waals surface area contributed by atoms with Crippen LogP contribution >= 0.6 is 23.2 Å². The fourth-order valence-electron chi connectivity index (χ4n) is 1.40. The van der Waals surface area contributed by atoms with E-state index < -0.39 is 0 Å². The first-order chi connectivity index (χ1) is 8.95. The van der Waals surface area contributed by atoms with Crippen LogP contribution in [0.2, 0.25) is 10.3 Å². The first-order valence-corrected chi connectivity index (χ1v) is 6.33. The summed E-state index contributed by atoms with van der Waals surface area (Å²) in [5, 5.41) is 3.87. The van der Waals surface area contributed by atoms with Crippen molar-refractivity contribution in [3.8, 4) is 0 Å². The molecule has 0 radical (unpaired) electrons. The van der Waals surface area contributed by atoms with Crippen molar-refractivity contribution in [1.82, 2.24) is 15.0 Å². The molecule has 0 atom stereocenters. The molecule has 1 N–H and O–H groups in total. The number of nitrogens with zero attached hydrogens (tertiary/aromatic N) is 4. The molecular weight excluding hydrogens is 285 g/mol. The molecule has 19 heavy (non-hydrogen) atoms. The zero-order valence-electron chi connectivity index (χ0n) is 10.8. The Morgan fingerprint density at radius 2 is 1.84 bits per heavy atom. The van der Waals surface area contributed by atoms with E-state index in [1.165, 1.54) is 0 Å². The monoisotopic (exact) mass is 297 g/mol. The third kappa shape index (κ3) is 3.45. The molecule has 0 spiro atoms. The van der Waals surface area contributed by atoms with E-state index in [2.05, 4.69) is 20.3 Å². The number of anilines is 3. The van der Waals surface area contributed by atoms with Crippen LogP contribution in [-0.4, -0.2) is 29.0 Å². The van der Waals surface area contributed by atoms with Gasteiger partial charge in [-0.2, -0.15) is 15.0 Å². The highest BCUT2D eigenvalue weighted by molar-refractivity contribution is 6.31. The second kappa shape index (κ2) is 5.59. The van der Waals surface area contributed by atoms with Crippen LogP contribution in [0.5, 0.6) is 0 Å². The summed E-state index contributed by atoms with van der Waals surface area (Å²) in [6.45, 7) is 1.94. The zero-order chi connectivity index (χ0) is 14.0. The van der Waals surface area contributed by atoms with Crippen LogP contribution in [0.3, 0.4) is 0 Å². The van der Waals surface area contributed by atoms with Crippen LogP contribution in [0.4, 0.5) is 17.6 Å². The topological polar surface area (TPSA) is 53.9 Å². The van der Waals surface area contributed by atoms with Crippen molar-refractivity contribution < 1.29 is 0 Å². The molecule has 1 aromatic heterocycles. The second-order valence-corrected chi connectivity index (χ2v) is 4.96. The van der Waals surface area contributed by atoms with Crippen molar-refractivity contribution in [3.05, 3.63) is 34.1 Å². The standard InChI is InChI=1S/C12H13Cl2N5/c1-7-4-5-8(6-9(7)13)15-11-16-10(14)17-12(18-11)19(2)3/h4-6H,1-3H3,(H,15,16,17,18). The maximum Gasteiger partial charge on any atom is 0.233 e. The van der Waals surface area contributed by atoms with Gasteiger partial charge in [0, 0.05) is 24.8 Å². The molecule has 0 aliphatic carbocycles. The molecular formula is C12H13Cl2N5. The SMILES string of the molecule is Cc1ccc(Nc2nc(Cl)nc(N(C)C)n2)cc1Cl. The van der Waals surface area contributed by atoms with Gasteiger partial charge in [0.15, 0.2) is 0 Å². The Labute approximate surface area is 121 Å². The smallest absolute Gasteiger partial charge is 0.233 e. The first-order valence-electron chi connectivity index (χ1n) is 5.58. The molecule has 0 amide bonds. The van der Waals surface area contributed by atoms with Gasteiger partial charge in [0.2, 0.25) is 17.2 Å². The lowest BCUT2D eigenvalue weighted by atomic mass is 10.2. The number of halogens is 2. The van der Waals surface area contributed by atoms with Crippen molar-refractivity contribution in [2.75, 3.05) is 24.3 Å². The highest BCUT2D eigenvalue weighted by Crippen LogP contribution is 2.22. The predicted octanol–water partition coefficient (Wildman–Crippen LogP) is 3.30. The van der Waals surface area contributed by atoms with Crippen LogP contribution in [0.1, 0.15) is 5.56 Å². The summed E-state index contributed by atoms with van der Waals surface area (Å²) >= 11 is 11.9. The molecule has 0 unspecified atom stereocenters. The lowest BCUT2D eigenvalue weighted by molar-refractivity contribution is 0.961. The number of nitrogens with one attached hydrogen (secondary N) is 1. The maximum atomic E-state index is 6.07. The van der Waals surface area contributed by atoms with Crippen LogP contribution in [0, 0.1) is 6.92 Å². The van der Waals surface area contributed by atoms with Gasteiger partial charge in [0.1, 0.15) is 0 Å². The second-order valence-electron chi connectivity index (χ2n) is 4.21. The molecule has 0 saturated heterocycles. The summed E-state index contributed by atoms with van der Waals surface area (Å²) in [7, 11) is 3.66. The Morgan fingerprint density at radius 3 is 2.47 bits per heavy atom. The molecule has 1 heterocycles. The Morgan fingerprint density at radius 1 is 1.11 bits per heavy atom.